The molecule has 1 aliphatic heterocycles. The van der Waals surface area contributed by atoms with E-state index in [0.717, 1.165) is 37.5 Å². The van der Waals surface area contributed by atoms with Gasteiger partial charge in [0.25, 0.3) is 0 Å². The van der Waals surface area contributed by atoms with E-state index in [-0.39, 0.29) is 6.10 Å². The summed E-state index contributed by atoms with van der Waals surface area (Å²) in [6, 6.07) is 4.31. The van der Waals surface area contributed by atoms with E-state index in [1.165, 1.54) is 0 Å². The Morgan fingerprint density at radius 1 is 1.42 bits per heavy atom. The normalized spacial score (nSPS) is 21.1. The SMILES string of the molecule is CC(C)NCc1ccc(CS(=O)CC2CCCO2)o1. The van der Waals surface area contributed by atoms with E-state index in [1.807, 2.05) is 12.1 Å². The lowest BCUT2D eigenvalue weighted by Gasteiger charge is -2.08. The molecule has 0 aromatic carbocycles. The molecule has 108 valence electrons. The van der Waals surface area contributed by atoms with Crippen LogP contribution in [-0.2, 0) is 27.8 Å². The van der Waals surface area contributed by atoms with Gasteiger partial charge in [-0.1, -0.05) is 13.8 Å². The smallest absolute Gasteiger partial charge is 0.118 e. The minimum absolute atomic E-state index is 0.179. The first-order valence-electron chi connectivity index (χ1n) is 6.91. The van der Waals surface area contributed by atoms with Gasteiger partial charge in [0, 0.05) is 23.4 Å². The molecular weight excluding hydrogens is 262 g/mol. The van der Waals surface area contributed by atoms with Gasteiger partial charge in [0.2, 0.25) is 0 Å². The van der Waals surface area contributed by atoms with Crippen molar-refractivity contribution in [3.63, 3.8) is 0 Å². The molecule has 0 spiro atoms. The third-order valence-electron chi connectivity index (χ3n) is 3.10. The molecule has 4 nitrogen and oxygen atoms in total. The minimum Gasteiger partial charge on any atom is -0.464 e. The van der Waals surface area contributed by atoms with E-state index < -0.39 is 10.8 Å². The highest BCUT2D eigenvalue weighted by molar-refractivity contribution is 7.84. The van der Waals surface area contributed by atoms with Gasteiger partial charge in [0.05, 0.1) is 24.2 Å². The van der Waals surface area contributed by atoms with Crippen molar-refractivity contribution in [2.45, 2.75) is 51.1 Å². The molecule has 0 aliphatic carbocycles. The van der Waals surface area contributed by atoms with Crippen molar-refractivity contribution < 1.29 is 13.4 Å². The lowest BCUT2D eigenvalue weighted by molar-refractivity contribution is 0.128. The van der Waals surface area contributed by atoms with Crippen molar-refractivity contribution in [3.8, 4) is 0 Å². The second kappa shape index (κ2) is 7.22. The highest BCUT2D eigenvalue weighted by atomic mass is 32.2. The van der Waals surface area contributed by atoms with Crippen LogP contribution in [0, 0.1) is 0 Å². The summed E-state index contributed by atoms with van der Waals surface area (Å²) in [6.45, 7) is 5.73. The summed E-state index contributed by atoms with van der Waals surface area (Å²) in [5.74, 6) is 2.82. The molecule has 0 amide bonds. The summed E-state index contributed by atoms with van der Waals surface area (Å²) in [7, 11) is -0.899. The zero-order valence-electron chi connectivity index (χ0n) is 11.7. The number of rotatable bonds is 7. The zero-order chi connectivity index (χ0) is 13.7. The summed E-state index contributed by atoms with van der Waals surface area (Å²) >= 11 is 0. The van der Waals surface area contributed by atoms with E-state index in [4.69, 9.17) is 9.15 Å². The fraction of sp³-hybridized carbons (Fsp3) is 0.714. The van der Waals surface area contributed by atoms with Crippen LogP contribution in [0.4, 0.5) is 0 Å². The molecule has 1 fully saturated rings. The van der Waals surface area contributed by atoms with Gasteiger partial charge < -0.3 is 14.5 Å². The van der Waals surface area contributed by atoms with Gasteiger partial charge in [-0.3, -0.25) is 4.21 Å². The van der Waals surface area contributed by atoms with Gasteiger partial charge in [0.15, 0.2) is 0 Å². The van der Waals surface area contributed by atoms with E-state index in [2.05, 4.69) is 19.2 Å². The molecular formula is C14H23NO3S. The largest absolute Gasteiger partial charge is 0.464 e. The maximum absolute atomic E-state index is 12.0. The molecule has 1 saturated heterocycles. The Morgan fingerprint density at radius 2 is 2.21 bits per heavy atom. The molecule has 2 atom stereocenters. The second-order valence-corrected chi connectivity index (χ2v) is 6.79. The Bertz CT molecular complexity index is 411. The first-order chi connectivity index (χ1) is 9.13. The highest BCUT2D eigenvalue weighted by Crippen LogP contribution is 2.16. The Morgan fingerprint density at radius 3 is 2.89 bits per heavy atom. The minimum atomic E-state index is -0.899. The number of nitrogens with one attached hydrogen (secondary N) is 1. The van der Waals surface area contributed by atoms with Gasteiger partial charge in [-0.25, -0.2) is 0 Å². The van der Waals surface area contributed by atoms with Crippen LogP contribution in [0.25, 0.3) is 0 Å². The molecule has 1 N–H and O–H groups in total. The van der Waals surface area contributed by atoms with Crippen LogP contribution in [-0.4, -0.2) is 28.7 Å². The second-order valence-electron chi connectivity index (χ2n) is 5.29. The monoisotopic (exact) mass is 285 g/mol. The predicted molar refractivity (Wildman–Crippen MR) is 76.4 cm³/mol. The maximum Gasteiger partial charge on any atom is 0.118 e. The van der Waals surface area contributed by atoms with Gasteiger partial charge in [0.1, 0.15) is 11.5 Å². The Balaban J connectivity index is 1.76. The third kappa shape index (κ3) is 5.09. The molecule has 1 aliphatic rings. The zero-order valence-corrected chi connectivity index (χ0v) is 12.5. The van der Waals surface area contributed by atoms with Gasteiger partial charge in [-0.15, -0.1) is 0 Å². The molecule has 0 radical (unpaired) electrons. The molecule has 5 heteroatoms. The van der Waals surface area contributed by atoms with Gasteiger partial charge in [-0.2, -0.15) is 0 Å². The molecule has 19 heavy (non-hydrogen) atoms. The van der Waals surface area contributed by atoms with Crippen LogP contribution in [0.1, 0.15) is 38.2 Å². The van der Waals surface area contributed by atoms with Crippen LogP contribution >= 0.6 is 0 Å². The van der Waals surface area contributed by atoms with Crippen molar-refractivity contribution in [1.82, 2.24) is 5.32 Å². The highest BCUT2D eigenvalue weighted by Gasteiger charge is 2.19. The lowest BCUT2D eigenvalue weighted by Crippen LogP contribution is -2.21. The molecule has 1 aromatic rings. The molecule has 1 aromatic heterocycles. The third-order valence-corrected chi connectivity index (χ3v) is 4.45. The van der Waals surface area contributed by atoms with Crippen LogP contribution in [0.15, 0.2) is 16.5 Å². The van der Waals surface area contributed by atoms with E-state index in [9.17, 15) is 4.21 Å². The van der Waals surface area contributed by atoms with Gasteiger partial charge >= 0.3 is 0 Å². The summed E-state index contributed by atoms with van der Waals surface area (Å²) < 4.78 is 23.2. The standard InChI is InChI=1S/C14H23NO3S/c1-11(2)15-8-12-5-6-14(18-12)10-19(16)9-13-4-3-7-17-13/h5-6,11,13,15H,3-4,7-10H2,1-2H3. The topological polar surface area (TPSA) is 51.5 Å². The first-order valence-corrected chi connectivity index (χ1v) is 8.40. The summed E-state index contributed by atoms with van der Waals surface area (Å²) in [4.78, 5) is 0. The molecule has 2 heterocycles. The maximum atomic E-state index is 12.0. The van der Waals surface area contributed by atoms with Crippen LogP contribution in [0.2, 0.25) is 0 Å². The average molecular weight is 285 g/mol. The quantitative estimate of drug-likeness (QED) is 0.834. The van der Waals surface area contributed by atoms with Crippen molar-refractivity contribution in [2.75, 3.05) is 12.4 Å². The predicted octanol–water partition coefficient (Wildman–Crippen LogP) is 2.21. The average Bonchev–Trinajstić information content (AvgIpc) is 2.98. The van der Waals surface area contributed by atoms with Crippen LogP contribution in [0.3, 0.4) is 0 Å². The molecule has 2 unspecified atom stereocenters. The lowest BCUT2D eigenvalue weighted by atomic mass is 10.3. The van der Waals surface area contributed by atoms with Crippen molar-refractivity contribution in [2.24, 2.45) is 0 Å². The molecule has 0 bridgehead atoms. The number of furan rings is 1. The van der Waals surface area contributed by atoms with Gasteiger partial charge in [-0.05, 0) is 25.0 Å². The Kier molecular flexibility index (Phi) is 5.60. The van der Waals surface area contributed by atoms with E-state index in [0.29, 0.717) is 17.5 Å². The van der Waals surface area contributed by atoms with E-state index in [1.54, 1.807) is 0 Å². The first kappa shape index (κ1) is 14.8. The fourth-order valence-electron chi connectivity index (χ4n) is 2.10. The Hall–Kier alpha value is -0.650. The molecule has 0 saturated carbocycles. The summed E-state index contributed by atoms with van der Waals surface area (Å²) in [5.41, 5.74) is 0. The van der Waals surface area contributed by atoms with Crippen LogP contribution < -0.4 is 5.32 Å². The van der Waals surface area contributed by atoms with Crippen molar-refractivity contribution in [3.05, 3.63) is 23.7 Å². The van der Waals surface area contributed by atoms with E-state index >= 15 is 0 Å². The van der Waals surface area contributed by atoms with Crippen molar-refractivity contribution >= 4 is 10.8 Å². The van der Waals surface area contributed by atoms with Crippen molar-refractivity contribution in [1.29, 1.82) is 0 Å². The number of ether oxygens (including phenoxy) is 1. The van der Waals surface area contributed by atoms with Crippen LogP contribution in [0.5, 0.6) is 0 Å². The number of hydrogen-bond acceptors (Lipinski definition) is 4. The molecule has 2 rings (SSSR count). The summed E-state index contributed by atoms with van der Waals surface area (Å²) in [6.07, 6.45) is 2.30. The number of hydrogen-bond donors (Lipinski definition) is 1. The summed E-state index contributed by atoms with van der Waals surface area (Å²) in [5, 5.41) is 3.30. The Labute approximate surface area is 117 Å². The fourth-order valence-corrected chi connectivity index (χ4v) is 3.37.